The Bertz CT molecular complexity index is 160. The maximum absolute atomic E-state index is 12.4. The highest BCUT2D eigenvalue weighted by atomic mass is 19.2. The van der Waals surface area contributed by atoms with Crippen molar-refractivity contribution in [2.24, 2.45) is 5.92 Å². The molecule has 0 atom stereocenters. The minimum Gasteiger partial charge on any atom is -0.204 e. The van der Waals surface area contributed by atoms with Gasteiger partial charge in [0.05, 0.1) is 0 Å². The molecular formula is C10H16F2. The number of hydrogen-bond donors (Lipinski definition) is 0. The monoisotopic (exact) mass is 174 g/mol. The molecule has 0 unspecified atom stereocenters. The van der Waals surface area contributed by atoms with Crippen molar-refractivity contribution >= 4 is 0 Å². The molecule has 1 rings (SSSR count). The van der Waals surface area contributed by atoms with Crippen molar-refractivity contribution in [2.45, 2.75) is 33.6 Å². The zero-order valence-corrected chi connectivity index (χ0v) is 7.90. The summed E-state index contributed by atoms with van der Waals surface area (Å²) in [7, 11) is 0. The summed E-state index contributed by atoms with van der Waals surface area (Å²) in [5, 5.41) is 0. The van der Waals surface area contributed by atoms with Gasteiger partial charge in [0.2, 0.25) is 0 Å². The smallest absolute Gasteiger partial charge is 0.154 e. The van der Waals surface area contributed by atoms with E-state index < -0.39 is 11.7 Å². The van der Waals surface area contributed by atoms with E-state index in [9.17, 15) is 8.78 Å². The van der Waals surface area contributed by atoms with Gasteiger partial charge in [0.15, 0.2) is 11.7 Å². The van der Waals surface area contributed by atoms with Crippen molar-refractivity contribution in [2.75, 3.05) is 0 Å². The van der Waals surface area contributed by atoms with Gasteiger partial charge in [-0.3, -0.25) is 0 Å². The Labute approximate surface area is 73.0 Å². The second-order valence-electron chi connectivity index (χ2n) is 2.68. The summed E-state index contributed by atoms with van der Waals surface area (Å²) in [5.41, 5.74) is 0. The summed E-state index contributed by atoms with van der Waals surface area (Å²) >= 11 is 0. The van der Waals surface area contributed by atoms with Gasteiger partial charge in [0.25, 0.3) is 0 Å². The lowest BCUT2D eigenvalue weighted by Crippen LogP contribution is -1.86. The molecule has 12 heavy (non-hydrogen) atoms. The van der Waals surface area contributed by atoms with Crippen LogP contribution in [0.2, 0.25) is 0 Å². The van der Waals surface area contributed by atoms with Crippen LogP contribution in [0.1, 0.15) is 33.6 Å². The molecule has 0 N–H and O–H groups in total. The average molecular weight is 174 g/mol. The first-order valence-electron chi connectivity index (χ1n) is 4.42. The molecular weight excluding hydrogens is 158 g/mol. The van der Waals surface area contributed by atoms with Crippen LogP contribution in [0.4, 0.5) is 8.78 Å². The minimum atomic E-state index is -0.704. The minimum absolute atomic E-state index is 0.360. The van der Waals surface area contributed by atoms with Crippen LogP contribution >= 0.6 is 0 Å². The molecule has 0 aromatic heterocycles. The number of halogens is 2. The Morgan fingerprint density at radius 1 is 1.08 bits per heavy atom. The first-order valence-corrected chi connectivity index (χ1v) is 4.42. The fourth-order valence-electron chi connectivity index (χ4n) is 0.901. The number of rotatable bonds is 0. The number of allylic oxidation sites excluding steroid dienone is 4. The first-order chi connectivity index (χ1) is 5.70. The fraction of sp³-hybridized carbons (Fsp3) is 0.600. The van der Waals surface area contributed by atoms with Crippen molar-refractivity contribution < 1.29 is 8.78 Å². The van der Waals surface area contributed by atoms with Gasteiger partial charge in [-0.05, 0) is 30.9 Å². The fourth-order valence-corrected chi connectivity index (χ4v) is 0.901. The Morgan fingerprint density at radius 2 is 1.42 bits per heavy atom. The van der Waals surface area contributed by atoms with E-state index in [4.69, 9.17) is 0 Å². The van der Waals surface area contributed by atoms with E-state index in [1.165, 1.54) is 12.2 Å². The lowest BCUT2D eigenvalue weighted by Gasteiger charge is -1.99. The molecule has 1 aliphatic carbocycles. The second-order valence-corrected chi connectivity index (χ2v) is 2.68. The third-order valence-electron chi connectivity index (χ3n) is 1.63. The van der Waals surface area contributed by atoms with Crippen molar-refractivity contribution in [3.05, 3.63) is 23.8 Å². The van der Waals surface area contributed by atoms with Crippen LogP contribution in [-0.2, 0) is 0 Å². The van der Waals surface area contributed by atoms with E-state index in [-0.39, 0.29) is 0 Å². The van der Waals surface area contributed by atoms with E-state index in [0.717, 1.165) is 0 Å². The molecule has 0 saturated carbocycles. The van der Waals surface area contributed by atoms with Crippen LogP contribution in [0, 0.1) is 5.92 Å². The van der Waals surface area contributed by atoms with Crippen molar-refractivity contribution in [3.8, 4) is 0 Å². The van der Waals surface area contributed by atoms with Gasteiger partial charge < -0.3 is 0 Å². The zero-order valence-electron chi connectivity index (χ0n) is 7.90. The van der Waals surface area contributed by atoms with Crippen molar-refractivity contribution in [1.29, 1.82) is 0 Å². The van der Waals surface area contributed by atoms with Gasteiger partial charge in [-0.15, -0.1) is 0 Å². The summed E-state index contributed by atoms with van der Waals surface area (Å²) in [6, 6.07) is 0. The lowest BCUT2D eigenvalue weighted by atomic mass is 10.1. The van der Waals surface area contributed by atoms with Gasteiger partial charge in [-0.2, -0.15) is 0 Å². The van der Waals surface area contributed by atoms with Gasteiger partial charge in [-0.25, -0.2) is 8.78 Å². The van der Waals surface area contributed by atoms with Gasteiger partial charge in [-0.1, -0.05) is 20.8 Å². The third kappa shape index (κ3) is 3.65. The zero-order chi connectivity index (χ0) is 9.56. The SMILES string of the molecule is CC.CC1CC=C(F)C(F)=CC1. The molecule has 0 aromatic rings. The van der Waals surface area contributed by atoms with Crippen molar-refractivity contribution in [1.82, 2.24) is 0 Å². The number of hydrogen-bond acceptors (Lipinski definition) is 0. The van der Waals surface area contributed by atoms with E-state index in [2.05, 4.69) is 0 Å². The maximum atomic E-state index is 12.4. The molecule has 0 bridgehead atoms. The Morgan fingerprint density at radius 3 is 1.75 bits per heavy atom. The molecule has 70 valence electrons. The highest BCUT2D eigenvalue weighted by Gasteiger charge is 2.09. The Kier molecular flexibility index (Phi) is 5.60. The summed E-state index contributed by atoms with van der Waals surface area (Å²) in [4.78, 5) is 0. The highest BCUT2D eigenvalue weighted by Crippen LogP contribution is 2.23. The van der Waals surface area contributed by atoms with E-state index >= 15 is 0 Å². The van der Waals surface area contributed by atoms with Crippen LogP contribution in [0.5, 0.6) is 0 Å². The first kappa shape index (κ1) is 11.3. The molecule has 0 aliphatic heterocycles. The molecule has 0 nitrogen and oxygen atoms in total. The van der Waals surface area contributed by atoms with E-state index in [1.807, 2.05) is 20.8 Å². The predicted molar refractivity (Wildman–Crippen MR) is 48.1 cm³/mol. The summed E-state index contributed by atoms with van der Waals surface area (Å²) in [6.45, 7) is 5.97. The molecule has 0 heterocycles. The molecule has 2 heteroatoms. The van der Waals surface area contributed by atoms with Gasteiger partial charge >= 0.3 is 0 Å². The topological polar surface area (TPSA) is 0 Å². The summed E-state index contributed by atoms with van der Waals surface area (Å²) in [6.07, 6.45) is 3.89. The Balaban J connectivity index is 0.000000561. The van der Waals surface area contributed by atoms with Crippen LogP contribution in [0.15, 0.2) is 23.8 Å². The molecule has 0 aromatic carbocycles. The quantitative estimate of drug-likeness (QED) is 0.517. The van der Waals surface area contributed by atoms with Gasteiger partial charge in [0, 0.05) is 0 Å². The maximum Gasteiger partial charge on any atom is 0.154 e. The summed E-state index contributed by atoms with van der Waals surface area (Å²) < 4.78 is 24.9. The largest absolute Gasteiger partial charge is 0.204 e. The Hall–Kier alpha value is -0.660. The standard InChI is InChI=1S/C8H10F2.C2H6/c1-6-2-4-7(9)8(10)5-3-6;1-2/h4-6H,2-3H2,1H3;1-2H3. The summed E-state index contributed by atoms with van der Waals surface area (Å²) in [5.74, 6) is -1.05. The predicted octanol–water partition coefficient (Wildman–Crippen LogP) is 4.15. The third-order valence-corrected chi connectivity index (χ3v) is 1.63. The van der Waals surface area contributed by atoms with Crippen LogP contribution < -0.4 is 0 Å². The van der Waals surface area contributed by atoms with Crippen LogP contribution in [0.25, 0.3) is 0 Å². The van der Waals surface area contributed by atoms with E-state index in [1.54, 1.807) is 0 Å². The lowest BCUT2D eigenvalue weighted by molar-refractivity contribution is 0.542. The average Bonchev–Trinajstić information content (AvgIpc) is 2.24. The van der Waals surface area contributed by atoms with Crippen LogP contribution in [-0.4, -0.2) is 0 Å². The normalized spacial score (nSPS) is 18.4. The molecule has 0 spiro atoms. The van der Waals surface area contributed by atoms with E-state index in [0.29, 0.717) is 18.8 Å². The van der Waals surface area contributed by atoms with Crippen molar-refractivity contribution in [3.63, 3.8) is 0 Å². The van der Waals surface area contributed by atoms with Gasteiger partial charge in [0.1, 0.15) is 0 Å². The van der Waals surface area contributed by atoms with Crippen LogP contribution in [0.3, 0.4) is 0 Å². The molecule has 0 fully saturated rings. The molecule has 0 saturated heterocycles. The molecule has 0 radical (unpaired) electrons. The highest BCUT2D eigenvalue weighted by molar-refractivity contribution is 5.20. The second kappa shape index (κ2) is 5.92. The molecule has 0 amide bonds. The molecule has 1 aliphatic rings.